The first-order valence-corrected chi connectivity index (χ1v) is 12.0. The summed E-state index contributed by atoms with van der Waals surface area (Å²) in [5, 5.41) is 16.6. The molecule has 0 aromatic heterocycles. The average molecular weight is 485 g/mol. The predicted octanol–water partition coefficient (Wildman–Crippen LogP) is 6.30. The number of nitrogens with one attached hydrogen (secondary N) is 2. The highest BCUT2D eigenvalue weighted by molar-refractivity contribution is 8.00. The third kappa shape index (κ3) is 6.07. The number of amides is 2. The van der Waals surface area contributed by atoms with Gasteiger partial charge in [0.1, 0.15) is 0 Å². The molecule has 6 nitrogen and oxygen atoms in total. The van der Waals surface area contributed by atoms with Gasteiger partial charge in [-0.2, -0.15) is 0 Å². The highest BCUT2D eigenvalue weighted by Crippen LogP contribution is 2.29. The second-order valence-electron chi connectivity index (χ2n) is 7.93. The Kier molecular flexibility index (Phi) is 7.48. The molecule has 2 amide bonds. The fourth-order valence-electron chi connectivity index (χ4n) is 3.62. The van der Waals surface area contributed by atoms with Gasteiger partial charge in [0.2, 0.25) is 5.91 Å². The van der Waals surface area contributed by atoms with Crippen LogP contribution in [0.1, 0.15) is 34.1 Å². The van der Waals surface area contributed by atoms with Crippen molar-refractivity contribution < 1.29 is 19.5 Å². The lowest BCUT2D eigenvalue weighted by Crippen LogP contribution is -2.24. The summed E-state index contributed by atoms with van der Waals surface area (Å²) in [6.07, 6.45) is 0.572. The van der Waals surface area contributed by atoms with Crippen molar-refractivity contribution in [3.05, 3.63) is 102 Å². The maximum atomic E-state index is 12.8. The Hall–Kier alpha value is -4.10. The highest BCUT2D eigenvalue weighted by Gasteiger charge is 2.19. The van der Waals surface area contributed by atoms with Crippen molar-refractivity contribution in [2.24, 2.45) is 0 Å². The quantitative estimate of drug-likeness (QED) is 0.255. The Labute approximate surface area is 207 Å². The molecule has 0 aliphatic rings. The smallest absolute Gasteiger partial charge is 0.335 e. The molecule has 0 saturated carbocycles. The topological polar surface area (TPSA) is 95.5 Å². The van der Waals surface area contributed by atoms with Crippen LogP contribution in [0.15, 0.2) is 95.9 Å². The van der Waals surface area contributed by atoms with E-state index in [0.717, 1.165) is 15.7 Å². The minimum atomic E-state index is -1.05. The summed E-state index contributed by atoms with van der Waals surface area (Å²) in [5.41, 5.74) is 1.75. The van der Waals surface area contributed by atoms with Crippen molar-refractivity contribution in [1.82, 2.24) is 0 Å². The molecule has 1 atom stereocenters. The van der Waals surface area contributed by atoms with Crippen molar-refractivity contribution in [1.29, 1.82) is 0 Å². The van der Waals surface area contributed by atoms with Gasteiger partial charge in [0.15, 0.2) is 0 Å². The molecule has 0 aliphatic carbocycles. The second kappa shape index (κ2) is 10.9. The lowest BCUT2D eigenvalue weighted by Gasteiger charge is -2.16. The van der Waals surface area contributed by atoms with Crippen LogP contribution in [-0.4, -0.2) is 28.1 Å². The second-order valence-corrected chi connectivity index (χ2v) is 9.21. The maximum Gasteiger partial charge on any atom is 0.335 e. The Morgan fingerprint density at radius 1 is 0.771 bits per heavy atom. The summed E-state index contributed by atoms with van der Waals surface area (Å²) in [5.74, 6) is -1.48. The zero-order valence-corrected chi connectivity index (χ0v) is 19.8. The van der Waals surface area contributed by atoms with Crippen LogP contribution in [0.5, 0.6) is 0 Å². The molecular weight excluding hydrogens is 460 g/mol. The van der Waals surface area contributed by atoms with Crippen molar-refractivity contribution in [2.75, 3.05) is 10.6 Å². The number of carbonyl (C=O) groups excluding carboxylic acids is 2. The standard InChI is InChI=1S/C28H24N2O4S/c1-2-25(27(32)30-22-10-5-9-21(16-22)28(33)34)35-24-12-6-11-23(17-24)29-26(31)20-14-13-18-7-3-4-8-19(18)15-20/h3-17,25H,2H2,1H3,(H,29,31)(H,30,32)(H,33,34). The van der Waals surface area contributed by atoms with Gasteiger partial charge in [0.05, 0.1) is 10.8 Å². The van der Waals surface area contributed by atoms with Gasteiger partial charge in [-0.1, -0.05) is 49.4 Å². The zero-order valence-electron chi connectivity index (χ0n) is 19.0. The van der Waals surface area contributed by atoms with Crippen LogP contribution in [0, 0.1) is 0 Å². The molecule has 176 valence electrons. The number of carbonyl (C=O) groups is 3. The van der Waals surface area contributed by atoms with Gasteiger partial charge >= 0.3 is 5.97 Å². The van der Waals surface area contributed by atoms with Crippen molar-refractivity contribution in [3.8, 4) is 0 Å². The van der Waals surface area contributed by atoms with E-state index in [0.29, 0.717) is 23.4 Å². The number of benzene rings is 4. The maximum absolute atomic E-state index is 12.8. The molecule has 3 N–H and O–H groups in total. The van der Waals surface area contributed by atoms with E-state index in [4.69, 9.17) is 5.11 Å². The number of hydrogen-bond donors (Lipinski definition) is 3. The van der Waals surface area contributed by atoms with E-state index in [1.807, 2.05) is 61.5 Å². The molecule has 0 aliphatic heterocycles. The molecule has 1 unspecified atom stereocenters. The first kappa shape index (κ1) is 24.0. The lowest BCUT2D eigenvalue weighted by atomic mass is 10.1. The summed E-state index contributed by atoms with van der Waals surface area (Å²) in [4.78, 5) is 37.7. The van der Waals surface area contributed by atoms with Gasteiger partial charge in [-0.3, -0.25) is 9.59 Å². The van der Waals surface area contributed by atoms with Crippen LogP contribution in [0.4, 0.5) is 11.4 Å². The van der Waals surface area contributed by atoms with Gasteiger partial charge in [0, 0.05) is 21.8 Å². The van der Waals surface area contributed by atoms with E-state index in [1.165, 1.54) is 23.9 Å². The molecule has 35 heavy (non-hydrogen) atoms. The third-order valence-electron chi connectivity index (χ3n) is 5.42. The first-order valence-electron chi connectivity index (χ1n) is 11.1. The minimum absolute atomic E-state index is 0.110. The van der Waals surface area contributed by atoms with Gasteiger partial charge in [-0.15, -0.1) is 11.8 Å². The Balaban J connectivity index is 1.43. The molecule has 4 rings (SSSR count). The van der Waals surface area contributed by atoms with E-state index < -0.39 is 11.2 Å². The summed E-state index contributed by atoms with van der Waals surface area (Å²) in [6, 6.07) is 27.0. The molecule has 0 heterocycles. The molecule has 4 aromatic carbocycles. The highest BCUT2D eigenvalue weighted by atomic mass is 32.2. The lowest BCUT2D eigenvalue weighted by molar-refractivity contribution is -0.115. The fraction of sp³-hybridized carbons (Fsp3) is 0.107. The minimum Gasteiger partial charge on any atom is -0.478 e. The molecule has 0 spiro atoms. The number of carboxylic acids is 1. The van der Waals surface area contributed by atoms with Gasteiger partial charge in [-0.05, 0) is 65.7 Å². The predicted molar refractivity (Wildman–Crippen MR) is 140 cm³/mol. The number of fused-ring (bicyclic) bond motifs is 1. The fourth-order valence-corrected chi connectivity index (χ4v) is 4.63. The molecule has 0 fully saturated rings. The number of hydrogen-bond acceptors (Lipinski definition) is 4. The van der Waals surface area contributed by atoms with Crippen LogP contribution in [0.25, 0.3) is 10.8 Å². The van der Waals surface area contributed by atoms with Crippen molar-refractivity contribution in [2.45, 2.75) is 23.5 Å². The van der Waals surface area contributed by atoms with Crippen LogP contribution < -0.4 is 10.6 Å². The Morgan fingerprint density at radius 2 is 1.49 bits per heavy atom. The number of rotatable bonds is 8. The molecular formula is C28H24N2O4S. The number of carboxylic acid groups (broad SMARTS) is 1. The summed E-state index contributed by atoms with van der Waals surface area (Å²) in [7, 11) is 0. The van der Waals surface area contributed by atoms with Crippen LogP contribution in [0.2, 0.25) is 0 Å². The molecule has 0 saturated heterocycles. The molecule has 0 radical (unpaired) electrons. The Bertz CT molecular complexity index is 1400. The largest absolute Gasteiger partial charge is 0.478 e. The number of anilines is 2. The SMILES string of the molecule is CCC(Sc1cccc(NC(=O)c2ccc3ccccc3c2)c1)C(=O)Nc1cccc(C(=O)O)c1. The summed E-state index contributed by atoms with van der Waals surface area (Å²) >= 11 is 1.39. The zero-order chi connectivity index (χ0) is 24.8. The van der Waals surface area contributed by atoms with Crippen LogP contribution in [-0.2, 0) is 4.79 Å². The molecule has 0 bridgehead atoms. The van der Waals surface area contributed by atoms with E-state index in [2.05, 4.69) is 10.6 Å². The number of thioether (sulfide) groups is 1. The van der Waals surface area contributed by atoms with E-state index in [1.54, 1.807) is 24.3 Å². The monoisotopic (exact) mass is 484 g/mol. The van der Waals surface area contributed by atoms with Gasteiger partial charge < -0.3 is 15.7 Å². The van der Waals surface area contributed by atoms with Crippen molar-refractivity contribution in [3.63, 3.8) is 0 Å². The first-order chi connectivity index (χ1) is 16.9. The average Bonchev–Trinajstić information content (AvgIpc) is 2.87. The normalized spacial score (nSPS) is 11.6. The van der Waals surface area contributed by atoms with E-state index in [9.17, 15) is 14.4 Å². The molecule has 7 heteroatoms. The third-order valence-corrected chi connectivity index (χ3v) is 6.78. The van der Waals surface area contributed by atoms with E-state index in [-0.39, 0.29) is 17.4 Å². The van der Waals surface area contributed by atoms with Gasteiger partial charge in [-0.25, -0.2) is 4.79 Å². The number of aromatic carboxylic acids is 1. The van der Waals surface area contributed by atoms with E-state index >= 15 is 0 Å². The summed E-state index contributed by atoms with van der Waals surface area (Å²) in [6.45, 7) is 1.91. The van der Waals surface area contributed by atoms with Crippen LogP contribution >= 0.6 is 11.8 Å². The van der Waals surface area contributed by atoms with Crippen molar-refractivity contribution >= 4 is 51.7 Å². The summed E-state index contributed by atoms with van der Waals surface area (Å²) < 4.78 is 0. The Morgan fingerprint density at radius 3 is 2.23 bits per heavy atom. The molecule has 4 aromatic rings. The van der Waals surface area contributed by atoms with Gasteiger partial charge in [0.25, 0.3) is 5.91 Å². The van der Waals surface area contributed by atoms with Crippen LogP contribution in [0.3, 0.4) is 0 Å².